The van der Waals surface area contributed by atoms with Crippen molar-refractivity contribution in [2.75, 3.05) is 0 Å². The van der Waals surface area contributed by atoms with E-state index in [0.29, 0.717) is 12.2 Å². The Morgan fingerprint density at radius 2 is 1.45 bits per heavy atom. The SMILES string of the molecule is Oc1cc(O)nc(-c2ccc(OCc3ccccc3)cc2)n1. The number of benzene rings is 2. The Morgan fingerprint density at radius 3 is 2.09 bits per heavy atom. The van der Waals surface area contributed by atoms with Crippen molar-refractivity contribution >= 4 is 0 Å². The van der Waals surface area contributed by atoms with E-state index in [4.69, 9.17) is 4.74 Å². The van der Waals surface area contributed by atoms with Crippen LogP contribution in [0.3, 0.4) is 0 Å². The van der Waals surface area contributed by atoms with Crippen LogP contribution in [-0.2, 0) is 6.61 Å². The molecule has 5 heteroatoms. The zero-order valence-electron chi connectivity index (χ0n) is 11.7. The van der Waals surface area contributed by atoms with E-state index >= 15 is 0 Å². The molecule has 5 nitrogen and oxygen atoms in total. The zero-order valence-corrected chi connectivity index (χ0v) is 11.7. The van der Waals surface area contributed by atoms with E-state index in [0.717, 1.165) is 17.4 Å². The number of hydrogen-bond acceptors (Lipinski definition) is 5. The summed E-state index contributed by atoms with van der Waals surface area (Å²) < 4.78 is 5.69. The first-order chi connectivity index (χ1) is 10.7. The smallest absolute Gasteiger partial charge is 0.218 e. The number of nitrogens with zero attached hydrogens (tertiary/aromatic N) is 2. The van der Waals surface area contributed by atoms with Gasteiger partial charge in [-0.3, -0.25) is 0 Å². The van der Waals surface area contributed by atoms with Gasteiger partial charge in [-0.2, -0.15) is 9.97 Å². The Labute approximate surface area is 127 Å². The molecule has 0 spiro atoms. The van der Waals surface area contributed by atoms with Gasteiger partial charge in [0.2, 0.25) is 11.8 Å². The minimum atomic E-state index is -0.271. The summed E-state index contributed by atoms with van der Waals surface area (Å²) in [5, 5.41) is 18.8. The molecule has 2 N–H and O–H groups in total. The summed E-state index contributed by atoms with van der Waals surface area (Å²) >= 11 is 0. The number of rotatable bonds is 4. The number of aromatic nitrogens is 2. The molecular formula is C17H14N2O3. The van der Waals surface area contributed by atoms with Gasteiger partial charge in [-0.05, 0) is 29.8 Å². The fourth-order valence-corrected chi connectivity index (χ4v) is 1.99. The van der Waals surface area contributed by atoms with Gasteiger partial charge < -0.3 is 14.9 Å². The number of ether oxygens (including phenoxy) is 1. The van der Waals surface area contributed by atoms with E-state index in [2.05, 4.69) is 9.97 Å². The predicted octanol–water partition coefficient (Wildman–Crippen LogP) is 3.13. The summed E-state index contributed by atoms with van der Waals surface area (Å²) in [6.07, 6.45) is 0. The highest BCUT2D eigenvalue weighted by Gasteiger charge is 2.06. The average molecular weight is 294 g/mol. The molecule has 3 rings (SSSR count). The van der Waals surface area contributed by atoms with Gasteiger partial charge in [-0.1, -0.05) is 30.3 Å². The van der Waals surface area contributed by atoms with E-state index in [1.807, 2.05) is 30.3 Å². The summed E-state index contributed by atoms with van der Waals surface area (Å²) in [6, 6.07) is 18.1. The topological polar surface area (TPSA) is 75.5 Å². The minimum absolute atomic E-state index is 0.257. The Balaban J connectivity index is 1.72. The van der Waals surface area contributed by atoms with Crippen LogP contribution in [0.15, 0.2) is 60.7 Å². The van der Waals surface area contributed by atoms with Gasteiger partial charge in [0.25, 0.3) is 0 Å². The van der Waals surface area contributed by atoms with Crippen molar-refractivity contribution in [2.24, 2.45) is 0 Å². The van der Waals surface area contributed by atoms with Gasteiger partial charge in [-0.15, -0.1) is 0 Å². The minimum Gasteiger partial charge on any atom is -0.493 e. The lowest BCUT2D eigenvalue weighted by Crippen LogP contribution is -1.95. The molecule has 0 radical (unpaired) electrons. The maximum atomic E-state index is 9.38. The summed E-state index contributed by atoms with van der Waals surface area (Å²) in [4.78, 5) is 7.74. The largest absolute Gasteiger partial charge is 0.493 e. The van der Waals surface area contributed by atoms with Crippen molar-refractivity contribution in [1.82, 2.24) is 9.97 Å². The van der Waals surface area contributed by atoms with Crippen LogP contribution in [0.5, 0.6) is 17.5 Å². The van der Waals surface area contributed by atoms with E-state index in [9.17, 15) is 10.2 Å². The molecule has 3 aromatic rings. The van der Waals surface area contributed by atoms with Crippen LogP contribution in [0.4, 0.5) is 0 Å². The van der Waals surface area contributed by atoms with Crippen LogP contribution in [-0.4, -0.2) is 20.2 Å². The Morgan fingerprint density at radius 1 is 0.818 bits per heavy atom. The van der Waals surface area contributed by atoms with Crippen LogP contribution in [0.25, 0.3) is 11.4 Å². The molecule has 0 fully saturated rings. The number of hydrogen-bond donors (Lipinski definition) is 2. The highest BCUT2D eigenvalue weighted by Crippen LogP contribution is 2.23. The van der Waals surface area contributed by atoms with Crippen LogP contribution in [0.1, 0.15) is 5.56 Å². The lowest BCUT2D eigenvalue weighted by atomic mass is 10.2. The molecule has 2 aromatic carbocycles. The maximum absolute atomic E-state index is 9.38. The number of aromatic hydroxyl groups is 2. The third kappa shape index (κ3) is 3.32. The molecule has 0 unspecified atom stereocenters. The second kappa shape index (κ2) is 6.13. The molecule has 0 amide bonds. The molecule has 110 valence electrons. The Bertz CT molecular complexity index is 738. The first-order valence-corrected chi connectivity index (χ1v) is 6.75. The zero-order chi connectivity index (χ0) is 15.4. The summed E-state index contributed by atoms with van der Waals surface area (Å²) in [7, 11) is 0. The van der Waals surface area contributed by atoms with Crippen molar-refractivity contribution in [3.05, 3.63) is 66.2 Å². The summed E-state index contributed by atoms with van der Waals surface area (Å²) in [5.74, 6) is 0.433. The fourth-order valence-electron chi connectivity index (χ4n) is 1.99. The van der Waals surface area contributed by atoms with E-state index in [1.54, 1.807) is 24.3 Å². The fraction of sp³-hybridized carbons (Fsp3) is 0.0588. The Hall–Kier alpha value is -3.08. The quantitative estimate of drug-likeness (QED) is 0.773. The van der Waals surface area contributed by atoms with Crippen LogP contribution in [0.2, 0.25) is 0 Å². The van der Waals surface area contributed by atoms with Gasteiger partial charge in [0.15, 0.2) is 5.82 Å². The molecular weight excluding hydrogens is 280 g/mol. The third-order valence-electron chi connectivity index (χ3n) is 3.06. The lowest BCUT2D eigenvalue weighted by molar-refractivity contribution is 0.306. The predicted molar refractivity (Wildman–Crippen MR) is 81.6 cm³/mol. The van der Waals surface area contributed by atoms with Crippen molar-refractivity contribution in [1.29, 1.82) is 0 Å². The average Bonchev–Trinajstić information content (AvgIpc) is 2.53. The van der Waals surface area contributed by atoms with Gasteiger partial charge in [-0.25, -0.2) is 0 Å². The molecule has 0 bridgehead atoms. The maximum Gasteiger partial charge on any atom is 0.218 e. The molecule has 1 heterocycles. The molecule has 0 saturated carbocycles. The summed E-state index contributed by atoms with van der Waals surface area (Å²) in [5.41, 5.74) is 1.77. The van der Waals surface area contributed by atoms with Gasteiger partial charge >= 0.3 is 0 Å². The highest BCUT2D eigenvalue weighted by molar-refractivity contribution is 5.57. The first kappa shape index (κ1) is 13.9. The van der Waals surface area contributed by atoms with Crippen molar-refractivity contribution in [3.8, 4) is 28.9 Å². The van der Waals surface area contributed by atoms with Gasteiger partial charge in [0, 0.05) is 5.56 Å². The standard InChI is InChI=1S/C17H14N2O3/c20-15-10-16(21)19-17(18-15)13-6-8-14(9-7-13)22-11-12-4-2-1-3-5-12/h1-10H,11H2,(H2,18,19,20,21). The van der Waals surface area contributed by atoms with Gasteiger partial charge in [0.1, 0.15) is 12.4 Å². The second-order valence-electron chi connectivity index (χ2n) is 4.71. The third-order valence-corrected chi connectivity index (χ3v) is 3.06. The van der Waals surface area contributed by atoms with Crippen molar-refractivity contribution < 1.29 is 14.9 Å². The molecule has 0 saturated heterocycles. The highest BCUT2D eigenvalue weighted by atomic mass is 16.5. The lowest BCUT2D eigenvalue weighted by Gasteiger charge is -2.07. The molecule has 0 aliphatic rings. The normalized spacial score (nSPS) is 10.4. The van der Waals surface area contributed by atoms with Gasteiger partial charge in [0.05, 0.1) is 6.07 Å². The molecule has 0 atom stereocenters. The molecule has 1 aromatic heterocycles. The van der Waals surface area contributed by atoms with Crippen LogP contribution >= 0.6 is 0 Å². The van der Waals surface area contributed by atoms with Crippen molar-refractivity contribution in [3.63, 3.8) is 0 Å². The van der Waals surface area contributed by atoms with E-state index < -0.39 is 0 Å². The first-order valence-electron chi connectivity index (χ1n) is 6.75. The summed E-state index contributed by atoms with van der Waals surface area (Å²) in [6.45, 7) is 0.490. The monoisotopic (exact) mass is 294 g/mol. The van der Waals surface area contributed by atoms with E-state index in [-0.39, 0.29) is 17.6 Å². The van der Waals surface area contributed by atoms with E-state index in [1.165, 1.54) is 0 Å². The Kier molecular flexibility index (Phi) is 3.87. The van der Waals surface area contributed by atoms with Crippen LogP contribution in [0, 0.1) is 0 Å². The van der Waals surface area contributed by atoms with Crippen molar-refractivity contribution in [2.45, 2.75) is 6.61 Å². The molecule has 0 aliphatic heterocycles. The van der Waals surface area contributed by atoms with Crippen LogP contribution < -0.4 is 4.74 Å². The molecule has 22 heavy (non-hydrogen) atoms. The second-order valence-corrected chi connectivity index (χ2v) is 4.71. The molecule has 0 aliphatic carbocycles.